The second-order valence-electron chi connectivity index (χ2n) is 7.31. The highest BCUT2D eigenvalue weighted by atomic mass is 32.2. The van der Waals surface area contributed by atoms with Gasteiger partial charge in [0, 0.05) is 5.39 Å². The minimum absolute atomic E-state index is 0.0317. The lowest BCUT2D eigenvalue weighted by Gasteiger charge is -2.22. The van der Waals surface area contributed by atoms with Gasteiger partial charge in [-0.3, -0.25) is 4.79 Å². The molecule has 4 rings (SSSR count). The van der Waals surface area contributed by atoms with E-state index >= 15 is 0 Å². The molecule has 158 valence electrons. The van der Waals surface area contributed by atoms with E-state index in [1.54, 1.807) is 48.5 Å². The van der Waals surface area contributed by atoms with E-state index in [0.29, 0.717) is 5.58 Å². The van der Waals surface area contributed by atoms with Crippen LogP contribution in [-0.2, 0) is 16.4 Å². The SMILES string of the molecule is CCCCc1ccc(N(C(=O)c2cc3ccccc3o2)S(=O)(=O)c2ccccc2)cc1. The number of carbonyl (C=O) groups excluding carboxylic acids is 1. The number of rotatable bonds is 7. The summed E-state index contributed by atoms with van der Waals surface area (Å²) in [5.74, 6) is -0.767. The number of anilines is 1. The van der Waals surface area contributed by atoms with Crippen LogP contribution >= 0.6 is 0 Å². The molecule has 0 aliphatic carbocycles. The summed E-state index contributed by atoms with van der Waals surface area (Å²) in [7, 11) is -4.14. The van der Waals surface area contributed by atoms with Crippen molar-refractivity contribution in [3.63, 3.8) is 0 Å². The number of hydrogen-bond donors (Lipinski definition) is 0. The maximum atomic E-state index is 13.5. The number of nitrogens with zero attached hydrogens (tertiary/aromatic N) is 1. The molecule has 0 radical (unpaired) electrons. The highest BCUT2D eigenvalue weighted by Gasteiger charge is 2.33. The Morgan fingerprint density at radius 1 is 0.903 bits per heavy atom. The number of furan rings is 1. The van der Waals surface area contributed by atoms with Crippen LogP contribution in [0.4, 0.5) is 5.69 Å². The van der Waals surface area contributed by atoms with E-state index < -0.39 is 15.9 Å². The third-order valence-electron chi connectivity index (χ3n) is 5.09. The van der Waals surface area contributed by atoms with Crippen LogP contribution in [0, 0.1) is 0 Å². The molecule has 1 heterocycles. The Morgan fingerprint density at radius 3 is 2.26 bits per heavy atom. The first-order valence-electron chi connectivity index (χ1n) is 10.2. The van der Waals surface area contributed by atoms with Crippen LogP contribution in [-0.4, -0.2) is 14.3 Å². The molecule has 6 heteroatoms. The van der Waals surface area contributed by atoms with Crippen LogP contribution in [0.25, 0.3) is 11.0 Å². The Labute approximate surface area is 182 Å². The number of para-hydroxylation sites is 1. The van der Waals surface area contributed by atoms with Crippen molar-refractivity contribution in [2.75, 3.05) is 4.31 Å². The zero-order valence-corrected chi connectivity index (χ0v) is 18.0. The van der Waals surface area contributed by atoms with Crippen molar-refractivity contribution in [2.24, 2.45) is 0 Å². The summed E-state index contributed by atoms with van der Waals surface area (Å²) < 4.78 is 33.5. The Hall–Kier alpha value is -3.38. The summed E-state index contributed by atoms with van der Waals surface area (Å²) in [6.07, 6.45) is 3.02. The van der Waals surface area contributed by atoms with E-state index in [9.17, 15) is 13.2 Å². The zero-order valence-electron chi connectivity index (χ0n) is 17.2. The molecule has 0 spiro atoms. The van der Waals surface area contributed by atoms with Crippen molar-refractivity contribution in [3.05, 3.63) is 96.3 Å². The van der Waals surface area contributed by atoms with E-state index in [1.807, 2.05) is 24.3 Å². The van der Waals surface area contributed by atoms with E-state index in [-0.39, 0.29) is 16.3 Å². The standard InChI is InChI=1S/C25H23NO4S/c1-2-3-9-19-14-16-21(17-15-19)26(31(28,29)22-11-5-4-6-12-22)25(27)24-18-20-10-7-8-13-23(20)30-24/h4-8,10-18H,2-3,9H2,1H3. The molecule has 0 saturated carbocycles. The summed E-state index contributed by atoms with van der Waals surface area (Å²) in [4.78, 5) is 13.5. The molecule has 4 aromatic rings. The number of unbranched alkanes of at least 4 members (excludes halogenated alkanes) is 1. The second kappa shape index (κ2) is 8.78. The van der Waals surface area contributed by atoms with Gasteiger partial charge in [-0.15, -0.1) is 0 Å². The minimum atomic E-state index is -4.14. The number of hydrogen-bond acceptors (Lipinski definition) is 4. The van der Waals surface area contributed by atoms with Gasteiger partial charge in [0.2, 0.25) is 0 Å². The van der Waals surface area contributed by atoms with Crippen LogP contribution in [0.5, 0.6) is 0 Å². The third kappa shape index (κ3) is 4.25. The lowest BCUT2D eigenvalue weighted by Crippen LogP contribution is -2.36. The Kier molecular flexibility index (Phi) is 5.91. The fraction of sp³-hybridized carbons (Fsp3) is 0.160. The predicted octanol–water partition coefficient (Wildman–Crippen LogP) is 5.81. The maximum absolute atomic E-state index is 13.5. The molecular formula is C25H23NO4S. The summed E-state index contributed by atoms with van der Waals surface area (Å²) in [5.41, 5.74) is 1.89. The van der Waals surface area contributed by atoms with Crippen LogP contribution in [0.15, 0.2) is 94.2 Å². The molecule has 3 aromatic carbocycles. The van der Waals surface area contributed by atoms with Gasteiger partial charge in [0.1, 0.15) is 5.58 Å². The van der Waals surface area contributed by atoms with E-state index in [0.717, 1.165) is 34.5 Å². The summed E-state index contributed by atoms with van der Waals surface area (Å²) in [6, 6.07) is 23.8. The molecule has 1 aromatic heterocycles. The highest BCUT2D eigenvalue weighted by Crippen LogP contribution is 2.28. The first-order valence-corrected chi connectivity index (χ1v) is 11.7. The summed E-state index contributed by atoms with van der Waals surface area (Å²) in [6.45, 7) is 2.12. The normalized spacial score (nSPS) is 11.5. The monoisotopic (exact) mass is 433 g/mol. The van der Waals surface area contributed by atoms with Gasteiger partial charge in [-0.05, 0) is 54.8 Å². The number of sulfonamides is 1. The average molecular weight is 434 g/mol. The predicted molar refractivity (Wildman–Crippen MR) is 122 cm³/mol. The fourth-order valence-electron chi connectivity index (χ4n) is 3.43. The topological polar surface area (TPSA) is 67.6 Å². The molecule has 5 nitrogen and oxygen atoms in total. The molecule has 31 heavy (non-hydrogen) atoms. The molecule has 0 aliphatic heterocycles. The lowest BCUT2D eigenvalue weighted by atomic mass is 10.1. The van der Waals surface area contributed by atoms with Crippen LogP contribution in [0.2, 0.25) is 0 Å². The number of benzene rings is 3. The Bertz CT molecular complexity index is 1260. The zero-order chi connectivity index (χ0) is 21.8. The summed E-state index contributed by atoms with van der Waals surface area (Å²) >= 11 is 0. The van der Waals surface area contributed by atoms with Gasteiger partial charge >= 0.3 is 5.91 Å². The number of fused-ring (bicyclic) bond motifs is 1. The lowest BCUT2D eigenvalue weighted by molar-refractivity contribution is 0.0981. The fourth-order valence-corrected chi connectivity index (χ4v) is 4.85. The van der Waals surface area contributed by atoms with Gasteiger partial charge in [-0.2, -0.15) is 4.31 Å². The van der Waals surface area contributed by atoms with Gasteiger partial charge < -0.3 is 4.42 Å². The van der Waals surface area contributed by atoms with Gasteiger partial charge in [0.05, 0.1) is 10.6 Å². The van der Waals surface area contributed by atoms with Crippen molar-refractivity contribution in [2.45, 2.75) is 31.1 Å². The Balaban J connectivity index is 1.79. The third-order valence-corrected chi connectivity index (χ3v) is 6.82. The molecule has 0 N–H and O–H groups in total. The highest BCUT2D eigenvalue weighted by molar-refractivity contribution is 7.93. The first-order chi connectivity index (χ1) is 15.0. The number of amides is 1. The summed E-state index contributed by atoms with van der Waals surface area (Å²) in [5, 5.41) is 0.734. The van der Waals surface area contributed by atoms with Gasteiger partial charge in [-0.1, -0.05) is 61.9 Å². The molecule has 0 fully saturated rings. The molecule has 0 saturated heterocycles. The minimum Gasteiger partial charge on any atom is -0.451 e. The van der Waals surface area contributed by atoms with E-state index in [1.165, 1.54) is 12.1 Å². The smallest absolute Gasteiger partial charge is 0.308 e. The first kappa shape index (κ1) is 20.9. The van der Waals surface area contributed by atoms with E-state index in [4.69, 9.17) is 4.42 Å². The van der Waals surface area contributed by atoms with Crippen LogP contribution in [0.3, 0.4) is 0 Å². The quantitative estimate of drug-likeness (QED) is 0.369. The van der Waals surface area contributed by atoms with Crippen LogP contribution < -0.4 is 4.31 Å². The van der Waals surface area contributed by atoms with Gasteiger partial charge in [-0.25, -0.2) is 8.42 Å². The van der Waals surface area contributed by atoms with Gasteiger partial charge in [0.15, 0.2) is 5.76 Å². The molecule has 0 atom stereocenters. The van der Waals surface area contributed by atoms with Crippen molar-refractivity contribution in [1.29, 1.82) is 0 Å². The maximum Gasteiger partial charge on any atom is 0.308 e. The van der Waals surface area contributed by atoms with E-state index in [2.05, 4.69) is 6.92 Å². The largest absolute Gasteiger partial charge is 0.451 e. The molecular weight excluding hydrogens is 410 g/mol. The van der Waals surface area contributed by atoms with Crippen molar-refractivity contribution >= 4 is 32.6 Å². The second-order valence-corrected chi connectivity index (χ2v) is 9.09. The molecule has 0 aliphatic rings. The van der Waals surface area contributed by atoms with Gasteiger partial charge in [0.25, 0.3) is 10.0 Å². The number of carbonyl (C=O) groups is 1. The van der Waals surface area contributed by atoms with Crippen LogP contribution in [0.1, 0.15) is 35.9 Å². The molecule has 0 bridgehead atoms. The number of aryl methyl sites for hydroxylation is 1. The average Bonchev–Trinajstić information content (AvgIpc) is 3.23. The Morgan fingerprint density at radius 2 is 1.58 bits per heavy atom. The van der Waals surface area contributed by atoms with Crippen molar-refractivity contribution < 1.29 is 17.6 Å². The van der Waals surface area contributed by atoms with Crippen molar-refractivity contribution in [3.8, 4) is 0 Å². The molecule has 0 unspecified atom stereocenters. The van der Waals surface area contributed by atoms with Crippen molar-refractivity contribution in [1.82, 2.24) is 0 Å². The molecule has 1 amide bonds.